The zero-order valence-electron chi connectivity index (χ0n) is 14.8. The Labute approximate surface area is 152 Å². The summed E-state index contributed by atoms with van der Waals surface area (Å²) in [7, 11) is 0. The summed E-state index contributed by atoms with van der Waals surface area (Å²) in [4.78, 5) is 25.6. The third-order valence-corrected chi connectivity index (χ3v) is 5.20. The van der Waals surface area contributed by atoms with Crippen LogP contribution in [0.5, 0.6) is 5.75 Å². The summed E-state index contributed by atoms with van der Waals surface area (Å²) >= 11 is 0. The van der Waals surface area contributed by atoms with Gasteiger partial charge >= 0.3 is 5.63 Å². The molecule has 0 atom stereocenters. The second-order valence-corrected chi connectivity index (χ2v) is 7.25. The molecular weight excluding hydrogens is 332 g/mol. The molecule has 1 amide bonds. The maximum absolute atomic E-state index is 12.4. The summed E-state index contributed by atoms with van der Waals surface area (Å²) in [6, 6.07) is 8.87. The molecule has 0 bridgehead atoms. The minimum atomic E-state index is -0.399. The van der Waals surface area contributed by atoms with Crippen molar-refractivity contribution in [3.8, 4) is 5.75 Å². The number of rotatable bonds is 6. The third kappa shape index (κ3) is 4.25. The van der Waals surface area contributed by atoms with Crippen molar-refractivity contribution >= 4 is 16.9 Å². The highest BCUT2D eigenvalue weighted by atomic mass is 16.5. The van der Waals surface area contributed by atoms with Gasteiger partial charge in [-0.05, 0) is 56.3 Å². The first-order valence-electron chi connectivity index (χ1n) is 9.35. The molecule has 138 valence electrons. The van der Waals surface area contributed by atoms with Crippen LogP contribution >= 0.6 is 0 Å². The standard InChI is InChI=1S/C20H24N2O4/c23-19(22-9-7-16(8-10-22)21-12-14-1-2-14)13-25-17-5-3-15-4-6-20(24)26-18(15)11-17/h3-6,11,14,16,21H,1-2,7-10,12-13H2. The van der Waals surface area contributed by atoms with Gasteiger partial charge in [0.15, 0.2) is 6.61 Å². The molecule has 0 radical (unpaired) electrons. The molecule has 1 saturated heterocycles. The number of carbonyl (C=O) groups excluding carboxylic acids is 1. The third-order valence-electron chi connectivity index (χ3n) is 5.20. The number of amides is 1. The number of piperidine rings is 1. The maximum Gasteiger partial charge on any atom is 0.336 e. The van der Waals surface area contributed by atoms with Crippen LogP contribution in [0.15, 0.2) is 39.5 Å². The summed E-state index contributed by atoms with van der Waals surface area (Å²) in [5.41, 5.74) is 0.0638. The summed E-state index contributed by atoms with van der Waals surface area (Å²) in [6.45, 7) is 2.68. The van der Waals surface area contributed by atoms with E-state index in [9.17, 15) is 9.59 Å². The van der Waals surface area contributed by atoms with Crippen molar-refractivity contribution < 1.29 is 13.9 Å². The highest BCUT2D eigenvalue weighted by Crippen LogP contribution is 2.28. The summed E-state index contributed by atoms with van der Waals surface area (Å²) in [5, 5.41) is 4.44. The molecule has 2 aromatic rings. The lowest BCUT2D eigenvalue weighted by Crippen LogP contribution is -2.46. The molecule has 0 spiro atoms. The second-order valence-electron chi connectivity index (χ2n) is 7.25. The fraction of sp³-hybridized carbons (Fsp3) is 0.500. The van der Waals surface area contributed by atoms with Gasteiger partial charge in [-0.25, -0.2) is 4.79 Å². The van der Waals surface area contributed by atoms with Crippen LogP contribution in [-0.2, 0) is 4.79 Å². The number of benzene rings is 1. The van der Waals surface area contributed by atoms with Crippen LogP contribution in [0.2, 0.25) is 0 Å². The predicted molar refractivity (Wildman–Crippen MR) is 98.3 cm³/mol. The molecule has 1 aromatic carbocycles. The zero-order chi connectivity index (χ0) is 17.9. The lowest BCUT2D eigenvalue weighted by atomic mass is 10.0. The van der Waals surface area contributed by atoms with Gasteiger partial charge in [0.1, 0.15) is 11.3 Å². The first-order chi connectivity index (χ1) is 12.7. The van der Waals surface area contributed by atoms with Gasteiger partial charge in [0, 0.05) is 36.7 Å². The molecule has 6 nitrogen and oxygen atoms in total. The number of carbonyl (C=O) groups is 1. The molecular formula is C20H24N2O4. The van der Waals surface area contributed by atoms with Crippen LogP contribution < -0.4 is 15.7 Å². The average Bonchev–Trinajstić information content (AvgIpc) is 3.49. The Balaban J connectivity index is 1.26. The Morgan fingerprint density at radius 1 is 1.15 bits per heavy atom. The van der Waals surface area contributed by atoms with Gasteiger partial charge in [-0.1, -0.05) is 0 Å². The highest BCUT2D eigenvalue weighted by Gasteiger charge is 2.26. The van der Waals surface area contributed by atoms with Gasteiger partial charge in [-0.2, -0.15) is 0 Å². The molecule has 1 aromatic heterocycles. The van der Waals surface area contributed by atoms with E-state index >= 15 is 0 Å². The van der Waals surface area contributed by atoms with E-state index in [1.54, 1.807) is 18.2 Å². The predicted octanol–water partition coefficient (Wildman–Crippen LogP) is 2.16. The molecule has 1 aliphatic carbocycles. The molecule has 1 N–H and O–H groups in total. The zero-order valence-corrected chi connectivity index (χ0v) is 14.8. The topological polar surface area (TPSA) is 71.8 Å². The summed E-state index contributed by atoms with van der Waals surface area (Å²) in [6.07, 6.45) is 4.72. The van der Waals surface area contributed by atoms with E-state index in [0.29, 0.717) is 17.4 Å². The largest absolute Gasteiger partial charge is 0.484 e. The van der Waals surface area contributed by atoms with Gasteiger partial charge < -0.3 is 19.4 Å². The van der Waals surface area contributed by atoms with Gasteiger partial charge in [0.2, 0.25) is 0 Å². The number of nitrogens with one attached hydrogen (secondary N) is 1. The fourth-order valence-corrected chi connectivity index (χ4v) is 3.36. The Morgan fingerprint density at radius 2 is 1.92 bits per heavy atom. The number of nitrogens with zero attached hydrogens (tertiary/aromatic N) is 1. The van der Waals surface area contributed by atoms with E-state index < -0.39 is 5.63 Å². The molecule has 4 rings (SSSR count). The highest BCUT2D eigenvalue weighted by molar-refractivity contribution is 5.79. The Hall–Kier alpha value is -2.34. The lowest BCUT2D eigenvalue weighted by molar-refractivity contribution is -0.134. The van der Waals surface area contributed by atoms with Crippen molar-refractivity contribution in [1.29, 1.82) is 0 Å². The van der Waals surface area contributed by atoms with Crippen LogP contribution in [-0.4, -0.2) is 43.1 Å². The van der Waals surface area contributed by atoms with Crippen molar-refractivity contribution in [2.45, 2.75) is 31.7 Å². The molecule has 2 heterocycles. The van der Waals surface area contributed by atoms with Crippen LogP contribution in [0.3, 0.4) is 0 Å². The smallest absolute Gasteiger partial charge is 0.336 e. The number of hydrogen-bond acceptors (Lipinski definition) is 5. The van der Waals surface area contributed by atoms with Crippen LogP contribution in [0.1, 0.15) is 25.7 Å². The Morgan fingerprint density at radius 3 is 2.69 bits per heavy atom. The molecule has 1 aliphatic heterocycles. The SMILES string of the molecule is O=C(COc1ccc2ccc(=O)oc2c1)N1CCC(NCC2CC2)CC1. The molecule has 2 fully saturated rings. The van der Waals surface area contributed by atoms with Crippen LogP contribution in [0.4, 0.5) is 0 Å². The molecule has 1 saturated carbocycles. The van der Waals surface area contributed by atoms with E-state index in [-0.39, 0.29) is 12.5 Å². The van der Waals surface area contributed by atoms with Crippen molar-refractivity contribution in [2.24, 2.45) is 5.92 Å². The van der Waals surface area contributed by atoms with E-state index in [1.807, 2.05) is 11.0 Å². The van der Waals surface area contributed by atoms with Crippen molar-refractivity contribution in [2.75, 3.05) is 26.2 Å². The second kappa shape index (κ2) is 7.50. The van der Waals surface area contributed by atoms with Crippen LogP contribution in [0.25, 0.3) is 11.0 Å². The average molecular weight is 356 g/mol. The summed E-state index contributed by atoms with van der Waals surface area (Å²) in [5.74, 6) is 1.41. The van der Waals surface area contributed by atoms with Crippen LogP contribution in [0, 0.1) is 5.92 Å². The quantitative estimate of drug-likeness (QED) is 0.803. The number of likely N-dealkylation sites (tertiary alicyclic amines) is 1. The van der Waals surface area contributed by atoms with Crippen molar-refractivity contribution in [3.63, 3.8) is 0 Å². The Bertz CT molecular complexity index is 835. The number of ether oxygens (including phenoxy) is 1. The molecule has 2 aliphatic rings. The number of fused-ring (bicyclic) bond motifs is 1. The van der Waals surface area contributed by atoms with E-state index in [2.05, 4.69) is 5.32 Å². The minimum Gasteiger partial charge on any atom is -0.484 e. The normalized spacial score (nSPS) is 18.2. The Kier molecular flexibility index (Phi) is 4.93. The van der Waals surface area contributed by atoms with Gasteiger partial charge in [-0.15, -0.1) is 0 Å². The molecule has 6 heteroatoms. The van der Waals surface area contributed by atoms with E-state index in [4.69, 9.17) is 9.15 Å². The summed E-state index contributed by atoms with van der Waals surface area (Å²) < 4.78 is 10.8. The first kappa shape index (κ1) is 17.1. The van der Waals surface area contributed by atoms with Crippen molar-refractivity contribution in [3.05, 3.63) is 40.8 Å². The van der Waals surface area contributed by atoms with Crippen molar-refractivity contribution in [1.82, 2.24) is 10.2 Å². The van der Waals surface area contributed by atoms with Gasteiger partial charge in [0.05, 0.1) is 0 Å². The monoisotopic (exact) mass is 356 g/mol. The molecule has 26 heavy (non-hydrogen) atoms. The fourth-order valence-electron chi connectivity index (χ4n) is 3.36. The van der Waals surface area contributed by atoms with E-state index in [1.165, 1.54) is 18.9 Å². The minimum absolute atomic E-state index is 0.000235. The maximum atomic E-state index is 12.4. The van der Waals surface area contributed by atoms with Gasteiger partial charge in [0.25, 0.3) is 5.91 Å². The van der Waals surface area contributed by atoms with E-state index in [0.717, 1.165) is 43.8 Å². The number of hydrogen-bond donors (Lipinski definition) is 1. The molecule has 0 unspecified atom stereocenters. The lowest BCUT2D eigenvalue weighted by Gasteiger charge is -2.32. The van der Waals surface area contributed by atoms with Gasteiger partial charge in [-0.3, -0.25) is 4.79 Å². The first-order valence-corrected chi connectivity index (χ1v) is 9.35.